The summed E-state index contributed by atoms with van der Waals surface area (Å²) >= 11 is 1.95. The monoisotopic (exact) mass is 287 g/mol. The van der Waals surface area contributed by atoms with Gasteiger partial charge in [-0.1, -0.05) is 6.92 Å². The molecule has 4 atom stereocenters. The fraction of sp³-hybridized carbons (Fsp3) is 0.929. The van der Waals surface area contributed by atoms with Gasteiger partial charge in [0.25, 0.3) is 0 Å². The Morgan fingerprint density at radius 1 is 1.53 bits per heavy atom. The minimum Gasteiger partial charge on any atom is -0.480 e. The Morgan fingerprint density at radius 3 is 2.89 bits per heavy atom. The highest BCUT2D eigenvalue weighted by atomic mass is 32.2. The van der Waals surface area contributed by atoms with Crippen molar-refractivity contribution < 1.29 is 14.6 Å². The van der Waals surface area contributed by atoms with Crippen LogP contribution in [0.15, 0.2) is 0 Å². The zero-order chi connectivity index (χ0) is 13.9. The van der Waals surface area contributed by atoms with Crippen molar-refractivity contribution >= 4 is 17.7 Å². The van der Waals surface area contributed by atoms with Crippen LogP contribution in [0.1, 0.15) is 46.0 Å². The molecule has 0 bridgehead atoms. The summed E-state index contributed by atoms with van der Waals surface area (Å²) in [6.45, 7) is 5.67. The van der Waals surface area contributed by atoms with Crippen molar-refractivity contribution in [3.8, 4) is 0 Å². The second-order valence-electron chi connectivity index (χ2n) is 5.68. The average Bonchev–Trinajstić information content (AvgIpc) is 2.76. The number of aliphatic carboxylic acids is 1. The van der Waals surface area contributed by atoms with E-state index in [2.05, 4.69) is 12.2 Å². The largest absolute Gasteiger partial charge is 0.480 e. The van der Waals surface area contributed by atoms with Crippen LogP contribution in [-0.4, -0.2) is 46.4 Å². The molecule has 1 aliphatic heterocycles. The number of likely N-dealkylation sites (N-methyl/N-ethyl adjacent to an activating group) is 1. The van der Waals surface area contributed by atoms with Crippen molar-refractivity contribution in [3.63, 3.8) is 0 Å². The predicted molar refractivity (Wildman–Crippen MR) is 77.7 cm³/mol. The molecular formula is C14H25NO3S. The van der Waals surface area contributed by atoms with Gasteiger partial charge in [-0.3, -0.25) is 4.79 Å². The first-order valence-electron chi connectivity index (χ1n) is 7.33. The van der Waals surface area contributed by atoms with Gasteiger partial charge in [0.1, 0.15) is 5.54 Å². The molecule has 2 N–H and O–H groups in total. The molecule has 1 saturated heterocycles. The zero-order valence-electron chi connectivity index (χ0n) is 11.9. The number of nitrogens with one attached hydrogen (secondary N) is 1. The van der Waals surface area contributed by atoms with Gasteiger partial charge >= 0.3 is 5.97 Å². The van der Waals surface area contributed by atoms with E-state index in [1.807, 2.05) is 18.7 Å². The molecule has 0 aromatic heterocycles. The SMILES string of the molecule is CCNC1(C(=O)O)CCCC(SC2CCOC2C)C1. The highest BCUT2D eigenvalue weighted by molar-refractivity contribution is 8.00. The van der Waals surface area contributed by atoms with E-state index in [1.165, 1.54) is 0 Å². The summed E-state index contributed by atoms with van der Waals surface area (Å²) in [7, 11) is 0. The fourth-order valence-corrected chi connectivity index (χ4v) is 4.96. The van der Waals surface area contributed by atoms with Gasteiger partial charge in [-0.05, 0) is 45.6 Å². The van der Waals surface area contributed by atoms with Gasteiger partial charge in [-0.15, -0.1) is 0 Å². The first-order valence-corrected chi connectivity index (χ1v) is 8.27. The smallest absolute Gasteiger partial charge is 0.323 e. The number of thioether (sulfide) groups is 1. The van der Waals surface area contributed by atoms with E-state index in [0.29, 0.717) is 23.1 Å². The lowest BCUT2D eigenvalue weighted by molar-refractivity contribution is -0.146. The summed E-state index contributed by atoms with van der Waals surface area (Å²) in [6.07, 6.45) is 5.04. The summed E-state index contributed by atoms with van der Waals surface area (Å²) in [4.78, 5) is 11.6. The second kappa shape index (κ2) is 6.46. The highest BCUT2D eigenvalue weighted by Gasteiger charge is 2.43. The van der Waals surface area contributed by atoms with Gasteiger partial charge in [0.05, 0.1) is 6.10 Å². The topological polar surface area (TPSA) is 58.6 Å². The van der Waals surface area contributed by atoms with Gasteiger partial charge < -0.3 is 15.2 Å². The molecular weight excluding hydrogens is 262 g/mol. The number of hydrogen-bond donors (Lipinski definition) is 2. The average molecular weight is 287 g/mol. The van der Waals surface area contributed by atoms with Crippen molar-refractivity contribution in [3.05, 3.63) is 0 Å². The maximum absolute atomic E-state index is 11.6. The molecule has 0 aromatic rings. The van der Waals surface area contributed by atoms with Crippen molar-refractivity contribution in [2.45, 2.75) is 68.1 Å². The molecule has 0 spiro atoms. The number of carboxylic acid groups (broad SMARTS) is 1. The molecule has 2 fully saturated rings. The summed E-state index contributed by atoms with van der Waals surface area (Å²) in [5.74, 6) is -0.685. The van der Waals surface area contributed by atoms with Crippen LogP contribution in [0.5, 0.6) is 0 Å². The van der Waals surface area contributed by atoms with E-state index in [0.717, 1.165) is 38.7 Å². The fourth-order valence-electron chi connectivity index (χ4n) is 3.25. The first-order chi connectivity index (χ1) is 9.07. The van der Waals surface area contributed by atoms with E-state index in [4.69, 9.17) is 4.74 Å². The van der Waals surface area contributed by atoms with Crippen molar-refractivity contribution in [1.82, 2.24) is 5.32 Å². The zero-order valence-corrected chi connectivity index (χ0v) is 12.7. The first kappa shape index (κ1) is 15.1. The van der Waals surface area contributed by atoms with E-state index in [1.54, 1.807) is 0 Å². The molecule has 19 heavy (non-hydrogen) atoms. The van der Waals surface area contributed by atoms with Gasteiger partial charge in [0.15, 0.2) is 0 Å². The van der Waals surface area contributed by atoms with Crippen LogP contribution in [-0.2, 0) is 9.53 Å². The highest BCUT2D eigenvalue weighted by Crippen LogP contribution is 2.40. The van der Waals surface area contributed by atoms with Crippen molar-refractivity contribution in [2.24, 2.45) is 0 Å². The van der Waals surface area contributed by atoms with Crippen molar-refractivity contribution in [2.75, 3.05) is 13.2 Å². The Labute approximate surface area is 119 Å². The number of ether oxygens (including phenoxy) is 1. The van der Waals surface area contributed by atoms with Crippen molar-refractivity contribution in [1.29, 1.82) is 0 Å². The molecule has 4 unspecified atom stereocenters. The molecule has 1 saturated carbocycles. The molecule has 110 valence electrons. The molecule has 0 aromatic carbocycles. The molecule has 1 aliphatic carbocycles. The Kier molecular flexibility index (Phi) is 5.15. The predicted octanol–water partition coefficient (Wildman–Crippen LogP) is 2.27. The van der Waals surface area contributed by atoms with E-state index in [9.17, 15) is 9.90 Å². The van der Waals surface area contributed by atoms with Crippen LogP contribution in [0.3, 0.4) is 0 Å². The Morgan fingerprint density at radius 2 is 2.32 bits per heavy atom. The van der Waals surface area contributed by atoms with E-state index < -0.39 is 11.5 Å². The number of hydrogen-bond acceptors (Lipinski definition) is 4. The second-order valence-corrected chi connectivity index (χ2v) is 7.22. The Balaban J connectivity index is 1.97. The molecule has 4 nitrogen and oxygen atoms in total. The lowest BCUT2D eigenvalue weighted by atomic mass is 9.81. The van der Waals surface area contributed by atoms with Crippen LogP contribution in [0, 0.1) is 0 Å². The number of carboxylic acids is 1. The standard InChI is InChI=1S/C14H25NO3S/c1-3-15-14(13(16)17)7-4-5-11(9-14)19-12-6-8-18-10(12)2/h10-12,15H,3-9H2,1-2H3,(H,16,17). The van der Waals surface area contributed by atoms with Crippen LogP contribution < -0.4 is 5.32 Å². The molecule has 0 amide bonds. The van der Waals surface area contributed by atoms with Gasteiger partial charge in [-0.2, -0.15) is 11.8 Å². The number of carbonyl (C=O) groups is 1. The summed E-state index contributed by atoms with van der Waals surface area (Å²) in [5.41, 5.74) is -0.701. The van der Waals surface area contributed by atoms with E-state index >= 15 is 0 Å². The quantitative estimate of drug-likeness (QED) is 0.812. The lowest BCUT2D eigenvalue weighted by Gasteiger charge is -2.39. The maximum atomic E-state index is 11.6. The number of rotatable bonds is 5. The minimum absolute atomic E-state index is 0.310. The summed E-state index contributed by atoms with van der Waals surface area (Å²) in [6, 6.07) is 0. The maximum Gasteiger partial charge on any atom is 0.323 e. The molecule has 1 heterocycles. The van der Waals surface area contributed by atoms with Crippen LogP contribution in [0.25, 0.3) is 0 Å². The Hall–Kier alpha value is -0.260. The molecule has 0 radical (unpaired) electrons. The molecule has 5 heteroatoms. The normalized spacial score (nSPS) is 39.4. The van der Waals surface area contributed by atoms with Crippen LogP contribution in [0.2, 0.25) is 0 Å². The van der Waals surface area contributed by atoms with Gasteiger partial charge in [-0.25, -0.2) is 0 Å². The Bertz CT molecular complexity index is 322. The summed E-state index contributed by atoms with van der Waals surface area (Å²) in [5, 5.41) is 13.8. The minimum atomic E-state index is -0.701. The van der Waals surface area contributed by atoms with E-state index in [-0.39, 0.29) is 0 Å². The lowest BCUT2D eigenvalue weighted by Crippen LogP contribution is -2.55. The third-order valence-electron chi connectivity index (χ3n) is 4.30. The van der Waals surface area contributed by atoms with Crippen LogP contribution >= 0.6 is 11.8 Å². The molecule has 2 aliphatic rings. The van der Waals surface area contributed by atoms with Crippen LogP contribution in [0.4, 0.5) is 0 Å². The van der Waals surface area contributed by atoms with Gasteiger partial charge in [0.2, 0.25) is 0 Å². The molecule has 2 rings (SSSR count). The third-order valence-corrected chi connectivity index (χ3v) is 6.06. The summed E-state index contributed by atoms with van der Waals surface area (Å²) < 4.78 is 5.60. The third kappa shape index (κ3) is 3.44. The van der Waals surface area contributed by atoms with Gasteiger partial charge in [0, 0.05) is 17.1 Å².